The first-order valence-corrected chi connectivity index (χ1v) is 26.1. The van der Waals surface area contributed by atoms with Crippen molar-refractivity contribution in [2.45, 2.75) is 204 Å². The third-order valence-electron chi connectivity index (χ3n) is 23.4. The van der Waals surface area contributed by atoms with Gasteiger partial charge in [-0.05, 0) is 137 Å². The largest absolute Gasteiger partial charge is 0.392 e. The molecule has 12 aliphatic rings. The topological polar surface area (TPSA) is 184 Å². The molecule has 8 aliphatic carbocycles. The average Bonchev–Trinajstić information content (AvgIpc) is 3.81. The van der Waals surface area contributed by atoms with E-state index in [4.69, 9.17) is 28.9 Å². The Labute approximate surface area is 390 Å². The van der Waals surface area contributed by atoms with Gasteiger partial charge >= 0.3 is 0 Å². The van der Waals surface area contributed by atoms with E-state index in [-0.39, 0.29) is 59.6 Å². The van der Waals surface area contributed by atoms with Gasteiger partial charge in [-0.25, -0.2) is 0 Å². The first-order chi connectivity index (χ1) is 30.9. The Hall–Kier alpha value is -1.84. The summed E-state index contributed by atoms with van der Waals surface area (Å²) in [5.41, 5.74) is 0.492. The van der Waals surface area contributed by atoms with E-state index in [1.807, 2.05) is 13.8 Å². The predicted molar refractivity (Wildman–Crippen MR) is 241 cm³/mol. The van der Waals surface area contributed by atoms with Crippen molar-refractivity contribution >= 4 is 0 Å². The number of nitrogens with zero attached hydrogens (tertiary/aromatic N) is 2. The molecule has 22 atom stereocenters. The summed E-state index contributed by atoms with van der Waals surface area (Å²) in [5, 5.41) is 72.1. The summed E-state index contributed by atoms with van der Waals surface area (Å²) >= 11 is 0. The standard InChI is InChI=1S/C54H76N2O10/c1-27-51(15-13-45(3,59)25-63-51)65-43-21-35-31-11-9-29-17-37-39(23-47(29,5)33(31)19-41(57)49(35,7)53(27,43)61)55-38-18-30-10-12-32-34(48(30,6)24-40(38)56-37)20-42(58)50(8)36(32)22-44-54(50,62)28(2)52(66-44)16-14-46(4,60)26-64-52/h21-22,27-34,41-44,57-62H,9-20,23-26H2,1-8H3/t27-,28-,29+,30+,31-,32-,33+,34+,41-,42-,43+,44+,45-,46-,47+,48+,49-,50-,51-,52+,53-,54-/m1/s1. The first kappa shape index (κ1) is 44.1. The molecule has 4 saturated carbocycles. The average molecular weight is 913 g/mol. The number of aliphatic hydroxyl groups is 6. The fraction of sp³-hybridized carbons (Fsp3) is 0.852. The van der Waals surface area contributed by atoms with Crippen LogP contribution in [0.3, 0.4) is 0 Å². The molecule has 1 aromatic heterocycles. The van der Waals surface area contributed by atoms with Gasteiger partial charge < -0.3 is 49.6 Å². The number of hydrogen-bond donors (Lipinski definition) is 6. The van der Waals surface area contributed by atoms with Gasteiger partial charge in [0, 0.05) is 35.5 Å². The molecule has 12 heteroatoms. The van der Waals surface area contributed by atoms with Gasteiger partial charge in [0.05, 0.1) is 59.4 Å². The molecule has 5 heterocycles. The third kappa shape index (κ3) is 5.07. The molecular formula is C54H76N2O10. The molecule has 4 saturated heterocycles. The summed E-state index contributed by atoms with van der Waals surface area (Å²) in [4.78, 5) is 11.2. The van der Waals surface area contributed by atoms with Crippen molar-refractivity contribution in [1.29, 1.82) is 0 Å². The van der Waals surface area contributed by atoms with E-state index >= 15 is 0 Å². The predicted octanol–water partition coefficient (Wildman–Crippen LogP) is 5.44. The second-order valence-corrected chi connectivity index (χ2v) is 26.3. The molecule has 8 fully saturated rings. The molecule has 66 heavy (non-hydrogen) atoms. The van der Waals surface area contributed by atoms with Crippen LogP contribution in [0.1, 0.15) is 142 Å². The zero-order chi connectivity index (χ0) is 46.4. The lowest BCUT2D eigenvalue weighted by molar-refractivity contribution is -0.289. The molecule has 6 N–H and O–H groups in total. The highest BCUT2D eigenvalue weighted by atomic mass is 16.7. The molecule has 362 valence electrons. The minimum absolute atomic E-state index is 0.0824. The zero-order valence-corrected chi connectivity index (χ0v) is 40.6. The van der Waals surface area contributed by atoms with Crippen LogP contribution in [0.25, 0.3) is 0 Å². The Balaban J connectivity index is 0.765. The zero-order valence-electron chi connectivity index (χ0n) is 40.6. The van der Waals surface area contributed by atoms with Crippen molar-refractivity contribution in [2.24, 2.45) is 69.0 Å². The molecule has 1 aromatic rings. The van der Waals surface area contributed by atoms with Crippen LogP contribution in [-0.2, 0) is 44.6 Å². The summed E-state index contributed by atoms with van der Waals surface area (Å²) in [7, 11) is 0. The summed E-state index contributed by atoms with van der Waals surface area (Å²) in [6, 6.07) is 0. The van der Waals surface area contributed by atoms with Gasteiger partial charge in [0.1, 0.15) is 23.4 Å². The molecule has 4 aliphatic heterocycles. The second-order valence-electron chi connectivity index (χ2n) is 26.3. The van der Waals surface area contributed by atoms with Gasteiger partial charge in [-0.2, -0.15) is 0 Å². The SMILES string of the molecule is C[C@@H]1[C@]2(CC[C@@](C)(O)CO2)O[C@H]2C=C3[C@@H]4CC[C@H]5Cc6nc7c(nc6C[C@]5(C)[C@H]4C[C@@H](O)[C@]3(C)[C@]21O)C[C@@H]1CC[C@H]2C3=C[C@@H]4O[C@]5(CC[C@@](C)(O)CO5)[C@@H](C)[C@]4(O)[C@@]3(C)[C@H](O)C[C@@H]2[C@@]1(C)C7. The van der Waals surface area contributed by atoms with E-state index in [9.17, 15) is 30.6 Å². The highest BCUT2D eigenvalue weighted by Gasteiger charge is 2.78. The van der Waals surface area contributed by atoms with Crippen LogP contribution in [0.15, 0.2) is 23.3 Å². The van der Waals surface area contributed by atoms with Crippen LogP contribution in [0.4, 0.5) is 0 Å². The normalized spacial score (nSPS) is 59.5. The van der Waals surface area contributed by atoms with E-state index < -0.39 is 69.2 Å². The second kappa shape index (κ2) is 13.2. The van der Waals surface area contributed by atoms with Gasteiger partial charge in [-0.1, -0.05) is 64.8 Å². The van der Waals surface area contributed by atoms with Gasteiger partial charge in [0.15, 0.2) is 11.6 Å². The van der Waals surface area contributed by atoms with Gasteiger partial charge in [0.25, 0.3) is 0 Å². The molecule has 0 radical (unpaired) electrons. The van der Waals surface area contributed by atoms with Crippen molar-refractivity contribution in [1.82, 2.24) is 9.97 Å². The van der Waals surface area contributed by atoms with Crippen LogP contribution in [0, 0.1) is 69.0 Å². The molecule has 0 unspecified atom stereocenters. The molecule has 13 rings (SSSR count). The van der Waals surface area contributed by atoms with E-state index in [2.05, 4.69) is 39.8 Å². The molecule has 0 bridgehead atoms. The maximum Gasteiger partial charge on any atom is 0.174 e. The van der Waals surface area contributed by atoms with Gasteiger partial charge in [0.2, 0.25) is 0 Å². The van der Waals surface area contributed by atoms with Crippen molar-refractivity contribution in [2.75, 3.05) is 13.2 Å². The van der Waals surface area contributed by atoms with Gasteiger partial charge in [-0.3, -0.25) is 9.97 Å². The van der Waals surface area contributed by atoms with E-state index in [1.165, 1.54) is 11.1 Å². The first-order valence-electron chi connectivity index (χ1n) is 26.1. The Bertz CT molecular complexity index is 2170. The minimum atomic E-state index is -1.32. The highest BCUT2D eigenvalue weighted by Crippen LogP contribution is 2.73. The number of hydrogen-bond acceptors (Lipinski definition) is 12. The fourth-order valence-electron chi connectivity index (χ4n) is 19.0. The number of rotatable bonds is 0. The number of fused-ring (bicyclic) bond motifs is 16. The van der Waals surface area contributed by atoms with Crippen LogP contribution in [-0.4, -0.2) is 112 Å². The van der Waals surface area contributed by atoms with Crippen molar-refractivity contribution in [3.8, 4) is 0 Å². The quantitative estimate of drug-likeness (QED) is 0.182. The van der Waals surface area contributed by atoms with Crippen LogP contribution in [0.2, 0.25) is 0 Å². The third-order valence-corrected chi connectivity index (χ3v) is 23.4. The summed E-state index contributed by atoms with van der Waals surface area (Å²) < 4.78 is 26.1. The maximum absolute atomic E-state index is 12.9. The Morgan fingerprint density at radius 1 is 0.545 bits per heavy atom. The van der Waals surface area contributed by atoms with Crippen molar-refractivity contribution < 1.29 is 49.6 Å². The molecular weight excluding hydrogens is 837 g/mol. The number of aliphatic hydroxyl groups excluding tert-OH is 2. The maximum atomic E-state index is 12.9. The van der Waals surface area contributed by atoms with Crippen LogP contribution >= 0.6 is 0 Å². The highest BCUT2D eigenvalue weighted by molar-refractivity contribution is 5.45. The monoisotopic (exact) mass is 913 g/mol. The van der Waals surface area contributed by atoms with Crippen LogP contribution < -0.4 is 0 Å². The molecule has 2 spiro atoms. The Kier molecular flexibility index (Phi) is 8.80. The Morgan fingerprint density at radius 3 is 1.30 bits per heavy atom. The number of aromatic nitrogens is 2. The molecule has 0 amide bonds. The van der Waals surface area contributed by atoms with E-state index in [1.54, 1.807) is 13.8 Å². The fourth-order valence-corrected chi connectivity index (χ4v) is 19.0. The molecule has 12 nitrogen and oxygen atoms in total. The van der Waals surface area contributed by atoms with E-state index in [0.29, 0.717) is 50.4 Å². The van der Waals surface area contributed by atoms with Gasteiger partial charge in [-0.15, -0.1) is 0 Å². The summed E-state index contributed by atoms with van der Waals surface area (Å²) in [5.74, 6) is -0.993. The van der Waals surface area contributed by atoms with E-state index in [0.717, 1.165) is 74.1 Å². The lowest BCUT2D eigenvalue weighted by atomic mass is 9.44. The summed E-state index contributed by atoms with van der Waals surface area (Å²) in [6.45, 7) is 17.0. The van der Waals surface area contributed by atoms with Crippen molar-refractivity contribution in [3.63, 3.8) is 0 Å². The minimum Gasteiger partial charge on any atom is -0.392 e. The Morgan fingerprint density at radius 2 is 0.939 bits per heavy atom. The van der Waals surface area contributed by atoms with Crippen molar-refractivity contribution in [3.05, 3.63) is 46.1 Å². The smallest absolute Gasteiger partial charge is 0.174 e. The van der Waals surface area contributed by atoms with Crippen LogP contribution in [0.5, 0.6) is 0 Å². The summed E-state index contributed by atoms with van der Waals surface area (Å²) in [6.07, 6.45) is 12.6. The lowest BCUT2D eigenvalue weighted by Crippen LogP contribution is -2.65. The molecule has 0 aromatic carbocycles. The number of ether oxygens (including phenoxy) is 4. The lowest BCUT2D eigenvalue weighted by Gasteiger charge is -2.62.